The van der Waals surface area contributed by atoms with Gasteiger partial charge in [-0.1, -0.05) is 23.5 Å². The zero-order valence-electron chi connectivity index (χ0n) is 13.3. The lowest BCUT2D eigenvalue weighted by Gasteiger charge is -2.21. The predicted molar refractivity (Wildman–Crippen MR) is 88.5 cm³/mol. The molecule has 128 valence electrons. The summed E-state index contributed by atoms with van der Waals surface area (Å²) in [6, 6.07) is 5.37. The number of anilines is 1. The lowest BCUT2D eigenvalue weighted by Crippen LogP contribution is -2.45. The maximum atomic E-state index is 12.4. The van der Waals surface area contributed by atoms with E-state index in [1.165, 1.54) is 20.2 Å². The van der Waals surface area contributed by atoms with E-state index in [-0.39, 0.29) is 21.1 Å². The fourth-order valence-electron chi connectivity index (χ4n) is 2.41. The van der Waals surface area contributed by atoms with Crippen molar-refractivity contribution in [1.82, 2.24) is 9.88 Å². The fraction of sp³-hybridized carbons (Fsp3) is 0.188. The summed E-state index contributed by atoms with van der Waals surface area (Å²) in [5, 5.41) is 2.68. The number of hydrogen-bond donors (Lipinski definition) is 1. The molecule has 3 amide bonds. The summed E-state index contributed by atoms with van der Waals surface area (Å²) in [6.45, 7) is 1.45. The van der Waals surface area contributed by atoms with Crippen LogP contribution >= 0.6 is 11.3 Å². The van der Waals surface area contributed by atoms with Gasteiger partial charge < -0.3 is 10.1 Å². The van der Waals surface area contributed by atoms with E-state index in [0.29, 0.717) is 0 Å². The monoisotopic (exact) mass is 359 g/mol. The fourth-order valence-corrected chi connectivity index (χ4v) is 3.15. The lowest BCUT2D eigenvalue weighted by atomic mass is 10.1. The highest BCUT2D eigenvalue weighted by Gasteiger charge is 2.40. The molecular weight excluding hydrogens is 346 g/mol. The smallest absolute Gasteiger partial charge is 0.349 e. The van der Waals surface area contributed by atoms with Crippen molar-refractivity contribution in [1.29, 1.82) is 0 Å². The molecule has 3 rings (SSSR count). The van der Waals surface area contributed by atoms with E-state index in [4.69, 9.17) is 0 Å². The van der Waals surface area contributed by atoms with E-state index in [1.807, 2.05) is 0 Å². The highest BCUT2D eigenvalue weighted by Crippen LogP contribution is 2.25. The third-order valence-electron chi connectivity index (χ3n) is 3.71. The number of nitrogens with one attached hydrogen (secondary N) is 1. The van der Waals surface area contributed by atoms with Gasteiger partial charge in [0.2, 0.25) is 5.91 Å². The van der Waals surface area contributed by atoms with Crippen molar-refractivity contribution in [2.45, 2.75) is 13.0 Å². The first-order valence-corrected chi connectivity index (χ1v) is 8.07. The standard InChI is InChI=1S/C16H13N3O5S/c1-8(12(20)18-16-17-7-11(25-16)15(23)24-2)19-13(21)9-5-3-4-6-10(9)14(19)22/h3-8H,1-2H3,(H,17,18,20)/t8-/m1/s1. The first-order valence-electron chi connectivity index (χ1n) is 7.26. The van der Waals surface area contributed by atoms with Gasteiger partial charge in [-0.15, -0.1) is 0 Å². The molecule has 1 aromatic heterocycles. The van der Waals surface area contributed by atoms with Gasteiger partial charge in [0, 0.05) is 0 Å². The number of carbonyl (C=O) groups excluding carboxylic acids is 4. The van der Waals surface area contributed by atoms with Crippen LogP contribution in [0.3, 0.4) is 0 Å². The van der Waals surface area contributed by atoms with Crippen molar-refractivity contribution in [3.8, 4) is 0 Å². The van der Waals surface area contributed by atoms with E-state index >= 15 is 0 Å². The number of carbonyl (C=O) groups is 4. The molecule has 0 radical (unpaired) electrons. The van der Waals surface area contributed by atoms with Crippen molar-refractivity contribution in [2.75, 3.05) is 12.4 Å². The maximum absolute atomic E-state index is 12.4. The van der Waals surface area contributed by atoms with E-state index in [2.05, 4.69) is 15.0 Å². The summed E-state index contributed by atoms with van der Waals surface area (Å²) in [5.74, 6) is -2.18. The van der Waals surface area contributed by atoms with Crippen LogP contribution in [-0.2, 0) is 9.53 Å². The molecule has 1 aliphatic heterocycles. The number of methoxy groups -OCH3 is 1. The van der Waals surface area contributed by atoms with Crippen LogP contribution in [0.1, 0.15) is 37.3 Å². The molecule has 25 heavy (non-hydrogen) atoms. The lowest BCUT2D eigenvalue weighted by molar-refractivity contribution is -0.119. The average molecular weight is 359 g/mol. The number of thiazole rings is 1. The third-order valence-corrected chi connectivity index (χ3v) is 4.61. The molecule has 0 bridgehead atoms. The molecule has 1 aliphatic rings. The van der Waals surface area contributed by atoms with Crippen LogP contribution in [0.2, 0.25) is 0 Å². The minimum absolute atomic E-state index is 0.175. The molecule has 8 nitrogen and oxygen atoms in total. The number of rotatable bonds is 4. The molecule has 0 saturated heterocycles. The number of benzene rings is 1. The molecule has 2 aromatic rings. The van der Waals surface area contributed by atoms with E-state index in [1.54, 1.807) is 24.3 Å². The van der Waals surface area contributed by atoms with Crippen LogP contribution < -0.4 is 5.32 Å². The van der Waals surface area contributed by atoms with Crippen molar-refractivity contribution >= 4 is 40.2 Å². The van der Waals surface area contributed by atoms with Crippen molar-refractivity contribution in [3.63, 3.8) is 0 Å². The number of esters is 1. The van der Waals surface area contributed by atoms with Gasteiger partial charge in [-0.3, -0.25) is 19.3 Å². The van der Waals surface area contributed by atoms with Crippen LogP contribution in [0.4, 0.5) is 5.13 Å². The normalized spacial score (nSPS) is 14.2. The molecule has 9 heteroatoms. The molecule has 0 spiro atoms. The molecule has 1 atom stereocenters. The van der Waals surface area contributed by atoms with Crippen LogP contribution in [0.5, 0.6) is 0 Å². The summed E-state index contributed by atoms with van der Waals surface area (Å²) in [4.78, 5) is 53.6. The number of amides is 3. The Bertz CT molecular complexity index is 856. The molecule has 0 aliphatic carbocycles. The predicted octanol–water partition coefficient (Wildman–Crippen LogP) is 1.55. The largest absolute Gasteiger partial charge is 0.465 e. The van der Waals surface area contributed by atoms with Gasteiger partial charge in [0.1, 0.15) is 10.9 Å². The summed E-state index contributed by atoms with van der Waals surface area (Å²) >= 11 is 0.937. The number of nitrogens with zero attached hydrogens (tertiary/aromatic N) is 2. The topological polar surface area (TPSA) is 106 Å². The number of aromatic nitrogens is 1. The summed E-state index contributed by atoms with van der Waals surface area (Å²) in [7, 11) is 1.24. The Morgan fingerprint density at radius 3 is 2.36 bits per heavy atom. The first-order chi connectivity index (χ1) is 11.9. The molecule has 0 fully saturated rings. The van der Waals surface area contributed by atoms with Crippen LogP contribution in [0.15, 0.2) is 30.5 Å². The SMILES string of the molecule is COC(=O)c1cnc(NC(=O)[C@@H](C)N2C(=O)c3ccccc3C2=O)s1. The third kappa shape index (κ3) is 2.89. The molecule has 0 saturated carbocycles. The van der Waals surface area contributed by atoms with Gasteiger partial charge in [0.15, 0.2) is 5.13 Å². The molecule has 2 heterocycles. The van der Waals surface area contributed by atoms with Gasteiger partial charge in [0.25, 0.3) is 11.8 Å². The number of imide groups is 1. The number of ether oxygens (including phenoxy) is 1. The second-order valence-electron chi connectivity index (χ2n) is 5.21. The molecule has 0 unspecified atom stereocenters. The van der Waals surface area contributed by atoms with Gasteiger partial charge >= 0.3 is 5.97 Å². The van der Waals surface area contributed by atoms with Crippen molar-refractivity contribution in [2.24, 2.45) is 0 Å². The summed E-state index contributed by atoms with van der Waals surface area (Å²) < 4.78 is 4.57. The van der Waals surface area contributed by atoms with Gasteiger partial charge in [-0.2, -0.15) is 0 Å². The Balaban J connectivity index is 1.75. The maximum Gasteiger partial charge on any atom is 0.349 e. The van der Waals surface area contributed by atoms with Gasteiger partial charge in [0.05, 0.1) is 24.4 Å². The minimum atomic E-state index is -1.03. The van der Waals surface area contributed by atoms with Crippen LogP contribution in [0, 0.1) is 0 Å². The molecule has 1 aromatic carbocycles. The number of fused-ring (bicyclic) bond motifs is 1. The molecular formula is C16H13N3O5S. The quantitative estimate of drug-likeness (QED) is 0.656. The van der Waals surface area contributed by atoms with E-state index < -0.39 is 29.7 Å². The first kappa shape index (κ1) is 16.8. The zero-order valence-corrected chi connectivity index (χ0v) is 14.1. The summed E-state index contributed by atoms with van der Waals surface area (Å²) in [6.07, 6.45) is 1.28. The Morgan fingerprint density at radius 2 is 1.80 bits per heavy atom. The average Bonchev–Trinajstić information content (AvgIpc) is 3.18. The second kappa shape index (κ2) is 6.44. The van der Waals surface area contributed by atoms with Crippen LogP contribution in [0.25, 0.3) is 0 Å². The Labute approximate surface area is 146 Å². The second-order valence-corrected chi connectivity index (χ2v) is 6.24. The highest BCUT2D eigenvalue weighted by atomic mass is 32.1. The van der Waals surface area contributed by atoms with E-state index in [9.17, 15) is 19.2 Å². The Hall–Kier alpha value is -3.07. The van der Waals surface area contributed by atoms with Crippen molar-refractivity contribution in [3.05, 3.63) is 46.5 Å². The Morgan fingerprint density at radius 1 is 1.20 bits per heavy atom. The number of hydrogen-bond acceptors (Lipinski definition) is 7. The van der Waals surface area contributed by atoms with Crippen LogP contribution in [-0.4, -0.2) is 46.7 Å². The van der Waals surface area contributed by atoms with Crippen molar-refractivity contribution < 1.29 is 23.9 Å². The highest BCUT2D eigenvalue weighted by molar-refractivity contribution is 7.17. The summed E-state index contributed by atoms with van der Waals surface area (Å²) in [5.41, 5.74) is 0.545. The van der Waals surface area contributed by atoms with Gasteiger partial charge in [-0.05, 0) is 19.1 Å². The van der Waals surface area contributed by atoms with Gasteiger partial charge in [-0.25, -0.2) is 9.78 Å². The Kier molecular flexibility index (Phi) is 4.32. The minimum Gasteiger partial charge on any atom is -0.465 e. The van der Waals surface area contributed by atoms with E-state index in [0.717, 1.165) is 16.2 Å². The zero-order chi connectivity index (χ0) is 18.1. The molecule has 1 N–H and O–H groups in total.